The van der Waals surface area contributed by atoms with Gasteiger partial charge in [-0.05, 0) is 7.05 Å². The maximum Gasteiger partial charge on any atom is 0.282 e. The molecule has 2 heterocycles. The highest BCUT2D eigenvalue weighted by molar-refractivity contribution is 5.73. The van der Waals surface area contributed by atoms with Gasteiger partial charge in [0.05, 0.1) is 6.54 Å². The SMILES string of the molecule is CN1CCC2(CC1)CN=C(N)O2. The van der Waals surface area contributed by atoms with E-state index in [1.165, 1.54) is 0 Å². The number of ether oxygens (including phenoxy) is 1. The van der Waals surface area contributed by atoms with E-state index in [1.54, 1.807) is 0 Å². The van der Waals surface area contributed by atoms with Gasteiger partial charge in [-0.15, -0.1) is 0 Å². The van der Waals surface area contributed by atoms with Crippen molar-refractivity contribution in [3.05, 3.63) is 0 Å². The number of hydrogen-bond acceptors (Lipinski definition) is 4. The van der Waals surface area contributed by atoms with Crippen LogP contribution in [0.4, 0.5) is 0 Å². The standard InChI is InChI=1S/C8H15N3O/c1-11-4-2-8(3-5-11)6-10-7(9)12-8/h2-6H2,1H3,(H2,9,10). The molecule has 2 aliphatic rings. The van der Waals surface area contributed by atoms with Crippen LogP contribution in [-0.2, 0) is 4.74 Å². The Hall–Kier alpha value is -0.770. The van der Waals surface area contributed by atoms with Gasteiger partial charge in [-0.2, -0.15) is 0 Å². The summed E-state index contributed by atoms with van der Waals surface area (Å²) < 4.78 is 5.54. The third kappa shape index (κ3) is 1.27. The van der Waals surface area contributed by atoms with Gasteiger partial charge in [0.15, 0.2) is 0 Å². The second-order valence-corrected chi connectivity index (χ2v) is 3.74. The molecule has 4 heteroatoms. The molecular formula is C8H15N3O. The highest BCUT2D eigenvalue weighted by Gasteiger charge is 2.39. The Bertz CT molecular complexity index is 206. The summed E-state index contributed by atoms with van der Waals surface area (Å²) in [6.45, 7) is 2.93. The van der Waals surface area contributed by atoms with Gasteiger partial charge >= 0.3 is 0 Å². The summed E-state index contributed by atoms with van der Waals surface area (Å²) in [5.41, 5.74) is 5.44. The summed E-state index contributed by atoms with van der Waals surface area (Å²) in [5.74, 6) is 0. The lowest BCUT2D eigenvalue weighted by atomic mass is 9.92. The summed E-state index contributed by atoms with van der Waals surface area (Å²) >= 11 is 0. The molecule has 0 amide bonds. The fourth-order valence-electron chi connectivity index (χ4n) is 1.79. The van der Waals surface area contributed by atoms with Crippen LogP contribution in [0, 0.1) is 0 Å². The predicted octanol–water partition coefficient (Wildman–Crippen LogP) is -0.204. The third-order valence-corrected chi connectivity index (χ3v) is 2.74. The number of piperidine rings is 1. The Morgan fingerprint density at radius 2 is 2.17 bits per heavy atom. The van der Waals surface area contributed by atoms with Crippen molar-refractivity contribution in [3.8, 4) is 0 Å². The minimum atomic E-state index is -0.0450. The Kier molecular flexibility index (Phi) is 1.72. The van der Waals surface area contributed by atoms with Crippen LogP contribution in [0.15, 0.2) is 4.99 Å². The smallest absolute Gasteiger partial charge is 0.282 e. The topological polar surface area (TPSA) is 50.8 Å². The quantitative estimate of drug-likeness (QED) is 0.546. The monoisotopic (exact) mass is 169 g/mol. The number of nitrogens with two attached hydrogens (primary N) is 1. The van der Waals surface area contributed by atoms with E-state index < -0.39 is 0 Å². The van der Waals surface area contributed by atoms with Crippen molar-refractivity contribution in [2.24, 2.45) is 10.7 Å². The first kappa shape index (κ1) is 7.86. The lowest BCUT2D eigenvalue weighted by Crippen LogP contribution is -2.45. The molecule has 0 saturated carbocycles. The average Bonchev–Trinajstić information content (AvgIpc) is 2.40. The molecule has 0 aromatic carbocycles. The number of amidine groups is 1. The van der Waals surface area contributed by atoms with Crippen molar-refractivity contribution >= 4 is 6.02 Å². The lowest BCUT2D eigenvalue weighted by molar-refractivity contribution is 0.0209. The van der Waals surface area contributed by atoms with E-state index in [0.717, 1.165) is 32.5 Å². The highest BCUT2D eigenvalue weighted by atomic mass is 16.5. The summed E-state index contributed by atoms with van der Waals surface area (Å²) in [7, 11) is 2.13. The van der Waals surface area contributed by atoms with Gasteiger partial charge in [0.2, 0.25) is 0 Å². The van der Waals surface area contributed by atoms with Crippen molar-refractivity contribution in [1.82, 2.24) is 4.90 Å². The number of nitrogens with zero attached hydrogens (tertiary/aromatic N) is 2. The minimum absolute atomic E-state index is 0.0450. The first-order chi connectivity index (χ1) is 5.70. The number of hydrogen-bond donors (Lipinski definition) is 1. The normalized spacial score (nSPS) is 28.6. The first-order valence-corrected chi connectivity index (χ1v) is 4.38. The Balaban J connectivity index is 1.97. The number of rotatable bonds is 0. The number of likely N-dealkylation sites (tertiary alicyclic amines) is 1. The molecule has 1 spiro atoms. The molecule has 68 valence electrons. The molecule has 2 rings (SSSR count). The largest absolute Gasteiger partial charge is 0.457 e. The molecule has 0 bridgehead atoms. The maximum atomic E-state index is 5.54. The lowest BCUT2D eigenvalue weighted by Gasteiger charge is -2.36. The van der Waals surface area contributed by atoms with Gasteiger partial charge in [0.1, 0.15) is 5.60 Å². The second kappa shape index (κ2) is 2.62. The van der Waals surface area contributed by atoms with Crippen LogP contribution in [0.3, 0.4) is 0 Å². The molecule has 1 fully saturated rings. The molecule has 4 nitrogen and oxygen atoms in total. The molecule has 0 radical (unpaired) electrons. The fraction of sp³-hybridized carbons (Fsp3) is 0.875. The first-order valence-electron chi connectivity index (χ1n) is 4.38. The molecule has 0 aromatic heterocycles. The molecule has 0 atom stereocenters. The predicted molar refractivity (Wildman–Crippen MR) is 47.0 cm³/mol. The number of aliphatic imine (C=N–C) groups is 1. The van der Waals surface area contributed by atoms with Crippen LogP contribution in [0.2, 0.25) is 0 Å². The maximum absolute atomic E-state index is 5.54. The van der Waals surface area contributed by atoms with Gasteiger partial charge in [-0.1, -0.05) is 0 Å². The van der Waals surface area contributed by atoms with Crippen LogP contribution in [-0.4, -0.2) is 43.2 Å². The van der Waals surface area contributed by atoms with Crippen molar-refractivity contribution in [3.63, 3.8) is 0 Å². The minimum Gasteiger partial charge on any atom is -0.457 e. The van der Waals surface area contributed by atoms with Crippen molar-refractivity contribution in [2.45, 2.75) is 18.4 Å². The van der Waals surface area contributed by atoms with Crippen LogP contribution in [0.5, 0.6) is 0 Å². The molecule has 0 unspecified atom stereocenters. The molecule has 0 aliphatic carbocycles. The molecule has 0 aromatic rings. The molecule has 12 heavy (non-hydrogen) atoms. The van der Waals surface area contributed by atoms with Gasteiger partial charge < -0.3 is 15.4 Å². The van der Waals surface area contributed by atoms with Gasteiger partial charge in [-0.25, -0.2) is 4.99 Å². The van der Waals surface area contributed by atoms with Gasteiger partial charge in [0.25, 0.3) is 6.02 Å². The molecule has 1 saturated heterocycles. The van der Waals surface area contributed by atoms with Crippen LogP contribution in [0.25, 0.3) is 0 Å². The van der Waals surface area contributed by atoms with E-state index in [9.17, 15) is 0 Å². The Morgan fingerprint density at radius 1 is 1.50 bits per heavy atom. The third-order valence-electron chi connectivity index (χ3n) is 2.74. The van der Waals surface area contributed by atoms with Gasteiger partial charge in [0, 0.05) is 25.9 Å². The summed E-state index contributed by atoms with van der Waals surface area (Å²) in [6, 6.07) is 0.375. The van der Waals surface area contributed by atoms with E-state index in [4.69, 9.17) is 10.5 Å². The van der Waals surface area contributed by atoms with E-state index in [0.29, 0.717) is 6.02 Å². The average molecular weight is 169 g/mol. The molecule has 2 aliphatic heterocycles. The summed E-state index contributed by atoms with van der Waals surface area (Å²) in [5, 5.41) is 0. The Morgan fingerprint density at radius 3 is 2.67 bits per heavy atom. The van der Waals surface area contributed by atoms with Crippen LogP contribution < -0.4 is 5.73 Å². The van der Waals surface area contributed by atoms with Crippen molar-refractivity contribution in [2.75, 3.05) is 26.7 Å². The molecular weight excluding hydrogens is 154 g/mol. The zero-order valence-electron chi connectivity index (χ0n) is 7.42. The van der Waals surface area contributed by atoms with E-state index in [1.807, 2.05) is 0 Å². The Labute approximate surface area is 72.4 Å². The summed E-state index contributed by atoms with van der Waals surface area (Å²) in [6.07, 6.45) is 2.10. The molecule has 2 N–H and O–H groups in total. The highest BCUT2D eigenvalue weighted by Crippen LogP contribution is 2.29. The fourth-order valence-corrected chi connectivity index (χ4v) is 1.79. The van der Waals surface area contributed by atoms with E-state index in [2.05, 4.69) is 16.9 Å². The summed E-state index contributed by atoms with van der Waals surface area (Å²) in [4.78, 5) is 6.40. The van der Waals surface area contributed by atoms with Crippen molar-refractivity contribution in [1.29, 1.82) is 0 Å². The zero-order chi connectivity index (χ0) is 8.60. The van der Waals surface area contributed by atoms with E-state index in [-0.39, 0.29) is 5.60 Å². The zero-order valence-corrected chi connectivity index (χ0v) is 7.42. The van der Waals surface area contributed by atoms with Gasteiger partial charge in [-0.3, -0.25) is 0 Å². The van der Waals surface area contributed by atoms with Crippen LogP contribution in [0.1, 0.15) is 12.8 Å². The van der Waals surface area contributed by atoms with Crippen LogP contribution >= 0.6 is 0 Å². The second-order valence-electron chi connectivity index (χ2n) is 3.74. The van der Waals surface area contributed by atoms with E-state index >= 15 is 0 Å². The van der Waals surface area contributed by atoms with Crippen molar-refractivity contribution < 1.29 is 4.74 Å².